The summed E-state index contributed by atoms with van der Waals surface area (Å²) in [5.41, 5.74) is 1.95. The molecule has 5 aromatic rings. The molecule has 1 aliphatic rings. The zero-order valence-corrected chi connectivity index (χ0v) is 27.6. The van der Waals surface area contributed by atoms with Crippen molar-refractivity contribution in [1.82, 2.24) is 4.57 Å². The van der Waals surface area contributed by atoms with E-state index in [2.05, 4.69) is 0 Å². The van der Waals surface area contributed by atoms with Crippen LogP contribution in [-0.4, -0.2) is 37.3 Å². The van der Waals surface area contributed by atoms with Crippen LogP contribution in [-0.2, 0) is 14.3 Å². The average Bonchev–Trinajstić information content (AvgIpc) is 3.67. The number of furan rings is 1. The number of rotatable bonds is 8. The van der Waals surface area contributed by atoms with Crippen molar-refractivity contribution in [2.45, 2.75) is 13.0 Å². The molecule has 0 spiro atoms. The molecular weight excluding hydrogens is 663 g/mol. The highest BCUT2D eigenvalue weighted by Crippen LogP contribution is 2.40. The van der Waals surface area contributed by atoms with E-state index in [1.165, 1.54) is 18.8 Å². The van der Waals surface area contributed by atoms with E-state index in [1.807, 2.05) is 30.3 Å². The van der Waals surface area contributed by atoms with Crippen LogP contribution in [0.1, 0.15) is 40.2 Å². The predicted molar refractivity (Wildman–Crippen MR) is 180 cm³/mol. The van der Waals surface area contributed by atoms with E-state index in [-0.39, 0.29) is 22.3 Å². The van der Waals surface area contributed by atoms with Crippen molar-refractivity contribution in [3.05, 3.63) is 137 Å². The first-order chi connectivity index (χ1) is 22.7. The van der Waals surface area contributed by atoms with Crippen LogP contribution in [0.25, 0.3) is 23.1 Å². The Kier molecular flexibility index (Phi) is 9.17. The molecule has 12 heteroatoms. The molecule has 6 rings (SSSR count). The first-order valence-electron chi connectivity index (χ1n) is 14.3. The summed E-state index contributed by atoms with van der Waals surface area (Å²) < 4.78 is 23.9. The predicted octanol–water partition coefficient (Wildman–Crippen LogP) is 6.30. The van der Waals surface area contributed by atoms with Gasteiger partial charge in [-0.15, -0.1) is 0 Å². The molecule has 3 aromatic carbocycles. The second-order valence-corrected chi connectivity index (χ2v) is 12.1. The molecule has 9 nitrogen and oxygen atoms in total. The third-order valence-electron chi connectivity index (χ3n) is 7.41. The lowest BCUT2D eigenvalue weighted by molar-refractivity contribution is -0.138. The first-order valence-corrected chi connectivity index (χ1v) is 15.9. The smallest absolute Gasteiger partial charge is 0.338 e. The van der Waals surface area contributed by atoms with Crippen molar-refractivity contribution in [2.24, 2.45) is 4.99 Å². The lowest BCUT2D eigenvalue weighted by Gasteiger charge is -2.27. The molecule has 2 aromatic heterocycles. The molecule has 1 aliphatic heterocycles. The molecule has 0 aliphatic carbocycles. The Balaban J connectivity index is 1.58. The molecule has 0 N–H and O–H groups in total. The van der Waals surface area contributed by atoms with Crippen LogP contribution in [0.3, 0.4) is 0 Å². The zero-order chi connectivity index (χ0) is 33.2. The maximum Gasteiger partial charge on any atom is 0.338 e. The van der Waals surface area contributed by atoms with Gasteiger partial charge in [0.2, 0.25) is 0 Å². The van der Waals surface area contributed by atoms with E-state index < -0.39 is 23.5 Å². The van der Waals surface area contributed by atoms with Crippen LogP contribution in [0.4, 0.5) is 0 Å². The summed E-state index contributed by atoms with van der Waals surface area (Å²) in [6, 6.07) is 21.3. The van der Waals surface area contributed by atoms with Crippen molar-refractivity contribution in [1.29, 1.82) is 0 Å². The summed E-state index contributed by atoms with van der Waals surface area (Å²) in [5.74, 6) is -0.0695. The number of hydrogen-bond donors (Lipinski definition) is 0. The summed E-state index contributed by atoms with van der Waals surface area (Å²) in [6.07, 6.45) is 1.58. The number of esters is 2. The van der Waals surface area contributed by atoms with Crippen LogP contribution < -0.4 is 19.6 Å². The van der Waals surface area contributed by atoms with Gasteiger partial charge >= 0.3 is 11.9 Å². The summed E-state index contributed by atoms with van der Waals surface area (Å²) in [4.78, 5) is 45.6. The number of halogens is 2. The van der Waals surface area contributed by atoms with Gasteiger partial charge in [-0.3, -0.25) is 9.36 Å². The number of ether oxygens (including phenoxy) is 3. The van der Waals surface area contributed by atoms with Gasteiger partial charge in [0.05, 0.1) is 42.2 Å². The normalized spacial score (nSPS) is 14.4. The Labute approximate surface area is 282 Å². The highest BCUT2D eigenvalue weighted by Gasteiger charge is 2.37. The molecule has 47 heavy (non-hydrogen) atoms. The summed E-state index contributed by atoms with van der Waals surface area (Å²) in [5, 5.41) is 0.793. The lowest BCUT2D eigenvalue weighted by Crippen LogP contribution is -2.40. The maximum absolute atomic E-state index is 14.3. The van der Waals surface area contributed by atoms with E-state index in [0.717, 1.165) is 11.3 Å². The molecule has 0 bridgehead atoms. The molecule has 0 saturated heterocycles. The van der Waals surface area contributed by atoms with Crippen molar-refractivity contribution in [3.63, 3.8) is 0 Å². The molecule has 0 unspecified atom stereocenters. The van der Waals surface area contributed by atoms with E-state index in [4.69, 9.17) is 46.8 Å². The number of carbonyl (C=O) groups is 2. The van der Waals surface area contributed by atoms with Crippen molar-refractivity contribution in [2.75, 3.05) is 20.8 Å². The Morgan fingerprint density at radius 2 is 1.72 bits per heavy atom. The van der Waals surface area contributed by atoms with E-state index >= 15 is 0 Å². The van der Waals surface area contributed by atoms with Gasteiger partial charge < -0.3 is 18.6 Å². The topological polar surface area (TPSA) is 109 Å². The molecule has 0 amide bonds. The lowest BCUT2D eigenvalue weighted by atomic mass is 9.92. The Hall–Kier alpha value is -4.90. The van der Waals surface area contributed by atoms with Crippen molar-refractivity contribution < 1.29 is 28.2 Å². The van der Waals surface area contributed by atoms with Gasteiger partial charge in [0.1, 0.15) is 23.3 Å². The summed E-state index contributed by atoms with van der Waals surface area (Å²) >= 11 is 13.8. The van der Waals surface area contributed by atoms with Crippen LogP contribution >= 0.6 is 34.5 Å². The SMILES string of the molecule is CCOC(=O)C1=C(c2ccccc2)N=c2s/c(=C\c3ccc(-c4cc(Cl)ccc4C(=O)OC)o3)c(=O)n2[C@H]1c1cc(Cl)ccc1OC. The Morgan fingerprint density at radius 1 is 0.979 bits per heavy atom. The van der Waals surface area contributed by atoms with Crippen LogP contribution in [0.2, 0.25) is 10.0 Å². The summed E-state index contributed by atoms with van der Waals surface area (Å²) in [6.45, 7) is 1.82. The minimum Gasteiger partial charge on any atom is -0.496 e. The number of fused-ring (bicyclic) bond motifs is 1. The van der Waals surface area contributed by atoms with Crippen molar-refractivity contribution in [3.8, 4) is 17.1 Å². The Bertz CT molecular complexity index is 2240. The summed E-state index contributed by atoms with van der Waals surface area (Å²) in [7, 11) is 2.79. The minimum absolute atomic E-state index is 0.110. The maximum atomic E-state index is 14.3. The van der Waals surface area contributed by atoms with Gasteiger partial charge in [-0.1, -0.05) is 64.9 Å². The van der Waals surface area contributed by atoms with E-state index in [0.29, 0.717) is 54.5 Å². The quantitative estimate of drug-likeness (QED) is 0.176. The molecule has 0 saturated carbocycles. The molecule has 0 radical (unpaired) electrons. The number of nitrogens with zero attached hydrogens (tertiary/aromatic N) is 2. The fourth-order valence-corrected chi connectivity index (χ4v) is 6.70. The van der Waals surface area contributed by atoms with Crippen LogP contribution in [0.5, 0.6) is 5.75 Å². The fraction of sp³-hybridized carbons (Fsp3) is 0.143. The van der Waals surface area contributed by atoms with Gasteiger partial charge in [0.15, 0.2) is 4.80 Å². The minimum atomic E-state index is -0.988. The van der Waals surface area contributed by atoms with Gasteiger partial charge in [-0.25, -0.2) is 14.6 Å². The molecule has 0 fully saturated rings. The third kappa shape index (κ3) is 6.15. The number of aromatic nitrogens is 1. The van der Waals surface area contributed by atoms with Crippen LogP contribution in [0, 0.1) is 0 Å². The van der Waals surface area contributed by atoms with Gasteiger partial charge in [0.25, 0.3) is 5.56 Å². The van der Waals surface area contributed by atoms with Gasteiger partial charge in [-0.2, -0.15) is 0 Å². The average molecular weight is 690 g/mol. The van der Waals surface area contributed by atoms with Crippen molar-refractivity contribution >= 4 is 58.3 Å². The molecular formula is C35H26Cl2N2O7S. The largest absolute Gasteiger partial charge is 0.496 e. The van der Waals surface area contributed by atoms with Crippen LogP contribution in [0.15, 0.2) is 98.6 Å². The second-order valence-electron chi connectivity index (χ2n) is 10.2. The highest BCUT2D eigenvalue weighted by molar-refractivity contribution is 7.07. The number of carbonyl (C=O) groups excluding carboxylic acids is 2. The van der Waals surface area contributed by atoms with Gasteiger partial charge in [-0.05, 0) is 55.5 Å². The number of hydrogen-bond acceptors (Lipinski definition) is 9. The second kappa shape index (κ2) is 13.4. The molecule has 3 heterocycles. The zero-order valence-electron chi connectivity index (χ0n) is 25.3. The highest BCUT2D eigenvalue weighted by atomic mass is 35.5. The monoisotopic (exact) mass is 688 g/mol. The van der Waals surface area contributed by atoms with E-state index in [1.54, 1.807) is 61.5 Å². The number of benzene rings is 3. The first kappa shape index (κ1) is 32.1. The molecule has 1 atom stereocenters. The van der Waals surface area contributed by atoms with Gasteiger partial charge in [0, 0.05) is 32.8 Å². The van der Waals surface area contributed by atoms with E-state index in [9.17, 15) is 14.4 Å². The number of methoxy groups -OCH3 is 2. The fourth-order valence-electron chi connectivity index (χ4n) is 5.37. The number of thiazole rings is 1. The molecule has 238 valence electrons. The third-order valence-corrected chi connectivity index (χ3v) is 8.87. The Morgan fingerprint density at radius 3 is 2.45 bits per heavy atom. The standard InChI is InChI=1S/C35H26Cl2N2O7S/c1-4-45-34(42)29-30(19-8-6-5-7-9-19)38-35-39(31(29)25-17-21(37)11-14-26(25)43-2)32(40)28(47-35)18-22-12-15-27(46-22)24-16-20(36)10-13-23(24)33(41)44-3/h5-18,31H,4H2,1-3H3/b28-18-/t31-/m0/s1.